The molecule has 0 radical (unpaired) electrons. The Bertz CT molecular complexity index is 222. The molecular weight excluding hydrogens is 448 g/mol. The molecule has 0 heterocycles. The molecule has 0 saturated carbocycles. The summed E-state index contributed by atoms with van der Waals surface area (Å²) in [7, 11) is -3.00. The molecule has 0 amide bonds. The second-order valence-electron chi connectivity index (χ2n) is 0.417. The minimum atomic E-state index is -2.00. The van der Waals surface area contributed by atoms with E-state index in [1.54, 1.807) is 0 Å². The molecule has 0 aromatic rings. The van der Waals surface area contributed by atoms with Gasteiger partial charge in [-0.2, -0.15) is 0 Å². The van der Waals surface area contributed by atoms with Crippen molar-refractivity contribution in [3.05, 3.63) is 0 Å². The minimum absolute atomic E-state index is 0. The molecule has 0 fully saturated rings. The summed E-state index contributed by atoms with van der Waals surface area (Å²) in [6.07, 6.45) is 0. The van der Waals surface area contributed by atoms with Crippen LogP contribution in [-0.4, -0.2) is 27.9 Å². The molecule has 10 nitrogen and oxygen atoms in total. The first-order valence-corrected chi connectivity index (χ1v) is 7.04. The summed E-state index contributed by atoms with van der Waals surface area (Å²) in [5, 5.41) is 0. The number of hydrogen-bond donors (Lipinski definition) is 0. The third-order valence-electron chi connectivity index (χ3n) is 0. The Morgan fingerprint density at radius 2 is 0.417 bits per heavy atom. The van der Waals surface area contributed by atoms with Crippen molar-refractivity contribution in [1.29, 1.82) is 0 Å². The fourth-order valence-electron chi connectivity index (χ4n) is 0. The summed E-state index contributed by atoms with van der Waals surface area (Å²) < 4.78 is 90.2. The molecule has 0 spiro atoms. The van der Waals surface area contributed by atoms with Crippen LogP contribution in [0.4, 0.5) is 0 Å². The SMILES string of the molecule is C.C.C.C.C.C.C.C.O=[Si]=O.O=[Si]=O.O=[Si]=O.[3H]C.[O]=[Ti]=[O].[O]=[Ti]=[O]. The van der Waals surface area contributed by atoms with Crippen LogP contribution in [0, 0.1) is 0 Å². The zero-order valence-corrected chi connectivity index (χ0v) is 13.7. The van der Waals surface area contributed by atoms with E-state index >= 15 is 0 Å². The summed E-state index contributed by atoms with van der Waals surface area (Å²) in [6.45, 7) is 0. The van der Waals surface area contributed by atoms with Gasteiger partial charge in [-0.15, -0.1) is 0 Å². The second kappa shape index (κ2) is 436. The van der Waals surface area contributed by atoms with E-state index in [1.807, 2.05) is 0 Å². The van der Waals surface area contributed by atoms with Crippen LogP contribution < -0.4 is 0 Å². The van der Waals surface area contributed by atoms with Crippen LogP contribution in [0.25, 0.3) is 0 Å². The Hall–Kier alpha value is 0.0792. The van der Waals surface area contributed by atoms with Gasteiger partial charge >= 0.3 is 79.4 Å². The van der Waals surface area contributed by atoms with Gasteiger partial charge in [0.15, 0.2) is 0 Å². The van der Waals surface area contributed by atoms with Gasteiger partial charge in [0.05, 0.1) is 0 Å². The summed E-state index contributed by atoms with van der Waals surface area (Å²) in [5.74, 6) is 0. The van der Waals surface area contributed by atoms with Crippen LogP contribution in [0.15, 0.2) is 0 Å². The molecule has 152 valence electrons. The van der Waals surface area contributed by atoms with Crippen LogP contribution in [0.1, 0.15) is 68.2 Å². The molecule has 15 heteroatoms. The maximum absolute atomic E-state index is 8.50. The van der Waals surface area contributed by atoms with Gasteiger partial charge in [0, 0.05) is 1.37 Å². The molecule has 24 heavy (non-hydrogen) atoms. The van der Waals surface area contributed by atoms with Gasteiger partial charge in [-0.05, 0) is 0 Å². The fourth-order valence-corrected chi connectivity index (χ4v) is 0. The standard InChI is InChI=1S/9CH4.3O2Si.4O.2Ti/c;;;;;;;;;3*1-3-2;;;;;;/h9*1H4;;;;;;;;;/i1T;;;;;;;;;;;;;;;;;. The van der Waals surface area contributed by atoms with Crippen molar-refractivity contribution in [1.82, 2.24) is 0 Å². The van der Waals surface area contributed by atoms with Gasteiger partial charge in [0.1, 0.15) is 0 Å². The third kappa shape index (κ3) is 1560000. The van der Waals surface area contributed by atoms with Crippen LogP contribution >= 0.6 is 0 Å². The molecular formula is C9H36O10Si3Ti2. The van der Waals surface area contributed by atoms with E-state index in [9.17, 15) is 0 Å². The Balaban J connectivity index is -0.00000000457. The first-order valence-electron chi connectivity index (χ1n) is 3.04. The normalized spacial score (nSPS) is 1.96. The molecule has 0 N–H and O–H groups in total. The molecule has 0 bridgehead atoms. The van der Waals surface area contributed by atoms with Crippen molar-refractivity contribution >= 4 is 27.9 Å². The monoisotopic (exact) mass is 486 g/mol. The van der Waals surface area contributed by atoms with Gasteiger partial charge < -0.3 is 0 Å². The van der Waals surface area contributed by atoms with Gasteiger partial charge in [0.2, 0.25) is 0 Å². The van der Waals surface area contributed by atoms with E-state index in [2.05, 4.69) is 0 Å². The van der Waals surface area contributed by atoms with Gasteiger partial charge in [-0.25, -0.2) is 0 Å². The van der Waals surface area contributed by atoms with E-state index in [-0.39, 0.29) is 59.4 Å². The summed E-state index contributed by atoms with van der Waals surface area (Å²) in [6, 6.07) is 0. The zero-order chi connectivity index (χ0) is 15.5. The van der Waals surface area contributed by atoms with Crippen molar-refractivity contribution in [3.8, 4) is 0 Å². The summed E-state index contributed by atoms with van der Waals surface area (Å²) in [4.78, 5) is 0. The van der Waals surface area contributed by atoms with Crippen LogP contribution in [-0.2, 0) is 78.3 Å². The molecule has 0 aromatic carbocycles. The molecule has 0 unspecified atom stereocenters. The number of rotatable bonds is 0. The predicted molar refractivity (Wildman–Crippen MR) is 84.7 cm³/mol. The van der Waals surface area contributed by atoms with E-state index < -0.39 is 66.1 Å². The van der Waals surface area contributed by atoms with Crippen LogP contribution in [0.2, 0.25) is 0 Å². The van der Waals surface area contributed by atoms with Gasteiger partial charge in [-0.1, -0.05) is 66.8 Å². The third-order valence-corrected chi connectivity index (χ3v) is 0. The Morgan fingerprint density at radius 3 is 0.417 bits per heavy atom. The first-order chi connectivity index (χ1) is 8.07. The first kappa shape index (κ1) is 104. The molecule has 0 rings (SSSR count). The topological polar surface area (TPSA) is 171 Å². The second-order valence-corrected chi connectivity index (χ2v) is 1.44. The Morgan fingerprint density at radius 1 is 0.417 bits per heavy atom. The van der Waals surface area contributed by atoms with Crippen molar-refractivity contribution in [2.24, 2.45) is 0 Å². The predicted octanol–water partition coefficient (Wildman–Crippen LogP) is 3.39. The molecule has 0 aliphatic carbocycles. The van der Waals surface area contributed by atoms with Crippen LogP contribution in [0.3, 0.4) is 0 Å². The molecule has 0 saturated heterocycles. The molecule has 0 atom stereocenters. The van der Waals surface area contributed by atoms with E-state index in [1.165, 1.54) is 7.40 Å². The van der Waals surface area contributed by atoms with E-state index in [4.69, 9.17) is 41.4 Å². The Labute approximate surface area is 173 Å². The summed E-state index contributed by atoms with van der Waals surface area (Å²) >= 11 is -4.00. The quantitative estimate of drug-likeness (QED) is 0.462. The Kier molecular flexibility index (Phi) is 1900. The van der Waals surface area contributed by atoms with Crippen molar-refractivity contribution in [3.63, 3.8) is 0 Å². The molecule has 0 aliphatic heterocycles. The fraction of sp³-hybridized carbons (Fsp3) is 1.00. The van der Waals surface area contributed by atoms with E-state index in [0.29, 0.717) is 0 Å². The summed E-state index contributed by atoms with van der Waals surface area (Å²) in [5.41, 5.74) is 0. The average Bonchev–Trinajstić information content (AvgIpc) is 2.25. The van der Waals surface area contributed by atoms with Gasteiger partial charge in [0.25, 0.3) is 0 Å². The number of hydrogen-bond acceptors (Lipinski definition) is 10. The van der Waals surface area contributed by atoms with Crippen LogP contribution in [0.5, 0.6) is 0 Å². The van der Waals surface area contributed by atoms with E-state index in [0.717, 1.165) is 0 Å². The molecule has 0 aliphatic rings. The maximum atomic E-state index is 8.50. The van der Waals surface area contributed by atoms with Crippen molar-refractivity contribution < 1.29 is 79.6 Å². The van der Waals surface area contributed by atoms with Crippen molar-refractivity contribution in [2.45, 2.75) is 66.8 Å². The van der Waals surface area contributed by atoms with Crippen molar-refractivity contribution in [2.75, 3.05) is 0 Å². The average molecular weight is 486 g/mol. The molecule has 0 aromatic heterocycles. The van der Waals surface area contributed by atoms with Gasteiger partial charge in [-0.3, -0.25) is 26.8 Å². The zero-order valence-electron chi connectivity index (χ0n) is 8.58.